The van der Waals surface area contributed by atoms with E-state index in [2.05, 4.69) is 10.2 Å². The van der Waals surface area contributed by atoms with E-state index in [1.54, 1.807) is 14.2 Å². The van der Waals surface area contributed by atoms with Gasteiger partial charge in [-0.05, 0) is 73.7 Å². The van der Waals surface area contributed by atoms with Crippen molar-refractivity contribution in [2.45, 2.75) is 81.4 Å². The van der Waals surface area contributed by atoms with Crippen molar-refractivity contribution in [1.82, 2.24) is 15.1 Å². The molecule has 2 saturated heterocycles. The van der Waals surface area contributed by atoms with Gasteiger partial charge in [0.2, 0.25) is 6.79 Å². The minimum atomic E-state index is -1.34. The van der Waals surface area contributed by atoms with E-state index in [1.165, 1.54) is 18.7 Å². The van der Waals surface area contributed by atoms with Gasteiger partial charge in [-0.25, -0.2) is 4.79 Å². The van der Waals surface area contributed by atoms with Crippen molar-refractivity contribution < 1.29 is 53.0 Å². The van der Waals surface area contributed by atoms with Gasteiger partial charge in [-0.1, -0.05) is 36.4 Å². The number of thioether (sulfide) groups is 1. The van der Waals surface area contributed by atoms with E-state index in [9.17, 15) is 15.0 Å². The quantitative estimate of drug-likeness (QED) is 0.170. The molecule has 4 aromatic carbocycles. The number of aliphatic hydroxyl groups is 1. The number of phenols is 1. The van der Waals surface area contributed by atoms with Crippen molar-refractivity contribution in [1.29, 1.82) is 0 Å². The highest BCUT2D eigenvalue weighted by Crippen LogP contribution is 2.64. The topological polar surface area (TPSA) is 158 Å². The molecule has 0 radical (unpaired) electrons. The summed E-state index contributed by atoms with van der Waals surface area (Å²) in [6.07, 6.45) is 0.0408. The third-order valence-corrected chi connectivity index (χ3v) is 15.0. The van der Waals surface area contributed by atoms with Gasteiger partial charge in [0, 0.05) is 47.5 Å². The summed E-state index contributed by atoms with van der Waals surface area (Å²) >= 11 is 1.51. The summed E-state index contributed by atoms with van der Waals surface area (Å²) in [4.78, 5) is 32.2. The van der Waals surface area contributed by atoms with Crippen LogP contribution < -0.4 is 33.7 Å². The van der Waals surface area contributed by atoms with E-state index in [0.29, 0.717) is 82.7 Å². The number of nitrogens with zero attached hydrogens (tertiary/aromatic N) is 2. The van der Waals surface area contributed by atoms with Crippen LogP contribution in [0.3, 0.4) is 0 Å². The second kappa shape index (κ2) is 15.0. The fourth-order valence-electron chi connectivity index (χ4n) is 10.8. The van der Waals surface area contributed by atoms with E-state index in [4.69, 9.17) is 33.2 Å². The number of benzene rings is 4. The Balaban J connectivity index is 1.17. The van der Waals surface area contributed by atoms with Crippen molar-refractivity contribution in [3.05, 3.63) is 98.6 Å². The Bertz CT molecular complexity index is 2470. The molecule has 15 heteroatoms. The monoisotopic (exact) mass is 851 g/mol. The second-order valence-corrected chi connectivity index (χ2v) is 17.8. The van der Waals surface area contributed by atoms with Gasteiger partial charge in [-0.3, -0.25) is 19.9 Å². The van der Waals surface area contributed by atoms with Crippen LogP contribution in [0.2, 0.25) is 0 Å². The fraction of sp³-hybridized carbons (Fsp3) is 0.435. The van der Waals surface area contributed by atoms with Crippen LogP contribution in [-0.4, -0.2) is 97.2 Å². The minimum absolute atomic E-state index is 0.0487. The number of esters is 2. The number of aryl methyl sites for hydroxylation is 1. The Hall–Kier alpha value is -5.19. The lowest BCUT2D eigenvalue weighted by Gasteiger charge is -2.62. The molecule has 7 heterocycles. The summed E-state index contributed by atoms with van der Waals surface area (Å²) in [5.41, 5.74) is 5.67. The molecular formula is C46H49N3O11S. The lowest BCUT2D eigenvalue weighted by atomic mass is 9.73. The van der Waals surface area contributed by atoms with Crippen molar-refractivity contribution in [3.8, 4) is 40.2 Å². The third-order valence-electron chi connectivity index (χ3n) is 13.5. The number of piperazine rings is 1. The maximum Gasteiger partial charge on any atom is 0.331 e. The van der Waals surface area contributed by atoms with Crippen LogP contribution in [0.1, 0.15) is 74.3 Å². The van der Waals surface area contributed by atoms with Crippen LogP contribution in [0, 0.1) is 13.8 Å². The van der Waals surface area contributed by atoms with Crippen LogP contribution in [0.5, 0.6) is 40.2 Å². The summed E-state index contributed by atoms with van der Waals surface area (Å²) < 4.78 is 43.0. The first-order valence-corrected chi connectivity index (χ1v) is 21.6. The van der Waals surface area contributed by atoms with Crippen LogP contribution >= 0.6 is 11.8 Å². The highest BCUT2D eigenvalue weighted by Gasteiger charge is 2.61. The Morgan fingerprint density at radius 1 is 0.984 bits per heavy atom. The first-order chi connectivity index (χ1) is 29.5. The molecule has 3 N–H and O–H groups in total. The number of ether oxygens (including phenoxy) is 7. The normalized spacial score (nSPS) is 27.3. The van der Waals surface area contributed by atoms with Crippen LogP contribution in [0.15, 0.2) is 48.5 Å². The number of fused-ring (bicyclic) bond motifs is 9. The number of methoxy groups -OCH3 is 2. The van der Waals surface area contributed by atoms with Gasteiger partial charge in [-0.15, -0.1) is 11.8 Å². The van der Waals surface area contributed by atoms with Crippen LogP contribution in [0.4, 0.5) is 0 Å². The van der Waals surface area contributed by atoms with E-state index in [0.717, 1.165) is 27.8 Å². The molecule has 7 aliphatic rings. The van der Waals surface area contributed by atoms with E-state index < -0.39 is 47.1 Å². The van der Waals surface area contributed by atoms with E-state index in [1.807, 2.05) is 74.3 Å². The smallest absolute Gasteiger partial charge is 0.331 e. The average Bonchev–Trinajstić information content (AvgIpc) is 3.75. The summed E-state index contributed by atoms with van der Waals surface area (Å²) in [7, 11) is 5.11. The molecule has 1 unspecified atom stereocenters. The molecule has 4 aromatic rings. The molecule has 1 spiro atoms. The average molecular weight is 852 g/mol. The number of hydrogen-bond acceptors (Lipinski definition) is 15. The summed E-state index contributed by atoms with van der Waals surface area (Å²) in [6, 6.07) is 13.6. The van der Waals surface area contributed by atoms with Crippen molar-refractivity contribution in [3.63, 3.8) is 0 Å². The Labute approximate surface area is 357 Å². The zero-order valence-corrected chi connectivity index (χ0v) is 35.7. The minimum Gasteiger partial charge on any atom is -0.504 e. The molecule has 14 nitrogen and oxygen atoms in total. The zero-order valence-electron chi connectivity index (χ0n) is 34.9. The molecule has 0 amide bonds. The van der Waals surface area contributed by atoms with Crippen molar-refractivity contribution in [2.24, 2.45) is 0 Å². The lowest BCUT2D eigenvalue weighted by molar-refractivity contribution is -0.186. The number of aromatic hydroxyl groups is 1. The fourth-order valence-corrected chi connectivity index (χ4v) is 12.5. The highest BCUT2D eigenvalue weighted by molar-refractivity contribution is 7.99. The summed E-state index contributed by atoms with van der Waals surface area (Å²) in [5, 5.41) is 27.8. The molecule has 0 aliphatic carbocycles. The second-order valence-electron chi connectivity index (χ2n) is 16.7. The number of nitrogens with one attached hydrogen (secondary N) is 1. The van der Waals surface area contributed by atoms with Crippen LogP contribution in [-0.2, 0) is 39.3 Å². The molecular weight excluding hydrogens is 803 g/mol. The number of aliphatic hydroxyl groups excluding tert-OH is 1. The lowest BCUT2D eigenvalue weighted by Crippen LogP contribution is -2.70. The molecule has 11 rings (SSSR count). The number of hydrogen-bond donors (Lipinski definition) is 3. The molecule has 4 bridgehead atoms. The van der Waals surface area contributed by atoms with Crippen LogP contribution in [0.25, 0.3) is 0 Å². The van der Waals surface area contributed by atoms with Crippen molar-refractivity contribution >= 4 is 23.7 Å². The summed E-state index contributed by atoms with van der Waals surface area (Å²) in [6.45, 7) is 5.70. The number of carbonyl (C=O) groups is 2. The predicted molar refractivity (Wildman–Crippen MR) is 224 cm³/mol. The molecule has 320 valence electrons. The molecule has 2 fully saturated rings. The standard InChI is InChI=1S/C46H49N3O11S/c1-22-14-27-15-29-44(52)49-30-19-57-45(53)46(28-17-31(54-5)32(16-26(28)12-13-47-46)56-18-25-10-8-7-9-11-25)20-61-43(37(49)36(48(29)4)33(27)38(51)39(22)55-6)35-34(30)42-41(58-21-59-42)23(2)40(35)60-24(3)50/h7-11,14,16-17,29-30,36-37,43-44,47,51-52H,12-13,15,18-21H2,1-6H3/t29-,30-,36-,37?,43-,44+,46-/m1/s1. The van der Waals surface area contributed by atoms with Gasteiger partial charge in [-0.2, -0.15) is 0 Å². The van der Waals surface area contributed by atoms with E-state index >= 15 is 4.79 Å². The molecule has 0 saturated carbocycles. The van der Waals surface area contributed by atoms with E-state index in [-0.39, 0.29) is 30.9 Å². The Morgan fingerprint density at radius 2 is 1.77 bits per heavy atom. The highest BCUT2D eigenvalue weighted by atomic mass is 32.2. The first kappa shape index (κ1) is 39.9. The SMILES string of the molecule is COc1cc2c(cc1OCc1ccccc1)CCN[C@]21CS[C@@H]2c3c(OC(C)=O)c(C)c4c(c3[C@@H](COC1=O)N1C2[C@H]2c3c(cc(C)c(OC)c3O)C[C@H]([C@@H]1O)N2C)OCO4. The number of carbonyl (C=O) groups excluding carboxylic acids is 2. The van der Waals surface area contributed by atoms with Gasteiger partial charge in [0.05, 0.1) is 37.6 Å². The largest absolute Gasteiger partial charge is 0.504 e. The molecule has 7 aliphatic heterocycles. The predicted octanol–water partition coefficient (Wildman–Crippen LogP) is 5.29. The first-order valence-electron chi connectivity index (χ1n) is 20.6. The van der Waals surface area contributed by atoms with Gasteiger partial charge in [0.25, 0.3) is 0 Å². The maximum atomic E-state index is 15.0. The molecule has 0 aromatic heterocycles. The molecule has 7 atom stereocenters. The van der Waals surface area contributed by atoms with Gasteiger partial charge in [0.15, 0.2) is 40.0 Å². The Morgan fingerprint density at radius 3 is 2.52 bits per heavy atom. The maximum absolute atomic E-state index is 15.0. The number of rotatable bonds is 6. The number of likely N-dealkylation sites (N-methyl/N-ethyl adjacent to an activating group) is 1. The van der Waals surface area contributed by atoms with Gasteiger partial charge in [0.1, 0.15) is 25.2 Å². The summed E-state index contributed by atoms with van der Waals surface area (Å²) in [5.74, 6) is 1.92. The molecule has 61 heavy (non-hydrogen) atoms. The van der Waals surface area contributed by atoms with Gasteiger partial charge < -0.3 is 43.4 Å². The van der Waals surface area contributed by atoms with Gasteiger partial charge >= 0.3 is 11.9 Å². The number of phenolic OH excluding ortho intramolecular Hbond substituents is 1. The zero-order chi connectivity index (χ0) is 42.5. The third kappa shape index (κ3) is 5.99. The Kier molecular flexibility index (Phi) is 9.83. The van der Waals surface area contributed by atoms with Crippen molar-refractivity contribution in [2.75, 3.05) is 47.0 Å².